The average molecular weight is 503 g/mol. The van der Waals surface area contributed by atoms with E-state index in [1.54, 1.807) is 13.8 Å². The molecule has 0 saturated heterocycles. The number of para-hydroxylation sites is 1. The molecule has 1 aromatic heterocycles. The van der Waals surface area contributed by atoms with Crippen molar-refractivity contribution in [2.45, 2.75) is 71.4 Å². The number of hydrogen-bond donors (Lipinski definition) is 1. The van der Waals surface area contributed by atoms with E-state index in [0.29, 0.717) is 37.0 Å². The maximum atomic E-state index is 13.1. The van der Waals surface area contributed by atoms with Gasteiger partial charge in [-0.3, -0.25) is 9.59 Å². The number of aliphatic hydroxyl groups is 1. The van der Waals surface area contributed by atoms with Crippen molar-refractivity contribution < 1.29 is 24.2 Å². The van der Waals surface area contributed by atoms with E-state index in [0.717, 1.165) is 34.2 Å². The van der Waals surface area contributed by atoms with E-state index in [9.17, 15) is 19.5 Å². The van der Waals surface area contributed by atoms with Crippen LogP contribution in [0.2, 0.25) is 0 Å². The molecular formula is C30H34N2O5. The molecule has 0 radical (unpaired) electrons. The Morgan fingerprint density at radius 3 is 2.73 bits per heavy atom. The largest absolute Gasteiger partial charge is 0.458 e. The van der Waals surface area contributed by atoms with Gasteiger partial charge in [0.2, 0.25) is 5.91 Å². The standard InChI is InChI=1S/C30H34N2O5/c1-5-30(36)25-15-22-19(10-11-27(34)24(25)16-37-29(30)35)14-23-20(12-13-32(17(2)3)18(4)33)21-8-6-7-9-26(21)31-28(22)23/h6-9,15,17,19,36H,5,10-14,16H2,1-4H3/b22-15+/t19?,30-/m0/s1. The van der Waals surface area contributed by atoms with Crippen LogP contribution < -0.4 is 0 Å². The summed E-state index contributed by atoms with van der Waals surface area (Å²) >= 11 is 0. The summed E-state index contributed by atoms with van der Waals surface area (Å²) in [6.45, 7) is 7.87. The molecule has 194 valence electrons. The van der Waals surface area contributed by atoms with Gasteiger partial charge in [0.25, 0.3) is 0 Å². The monoisotopic (exact) mass is 502 g/mol. The van der Waals surface area contributed by atoms with Gasteiger partial charge in [-0.15, -0.1) is 0 Å². The Balaban J connectivity index is 1.68. The molecule has 2 aliphatic carbocycles. The summed E-state index contributed by atoms with van der Waals surface area (Å²) < 4.78 is 5.23. The van der Waals surface area contributed by atoms with E-state index in [-0.39, 0.29) is 36.7 Å². The van der Waals surface area contributed by atoms with Crippen molar-refractivity contribution in [2.75, 3.05) is 13.2 Å². The number of allylic oxidation sites excluding steroid dienone is 1. The molecule has 2 aromatic rings. The number of rotatable bonds is 5. The Morgan fingerprint density at radius 1 is 1.27 bits per heavy atom. The molecule has 1 N–H and O–H groups in total. The molecule has 7 nitrogen and oxygen atoms in total. The molecule has 37 heavy (non-hydrogen) atoms. The van der Waals surface area contributed by atoms with E-state index in [1.165, 1.54) is 5.56 Å². The summed E-state index contributed by atoms with van der Waals surface area (Å²) in [5, 5.41) is 12.4. The predicted octanol–water partition coefficient (Wildman–Crippen LogP) is 3.95. The lowest BCUT2D eigenvalue weighted by molar-refractivity contribution is -0.163. The van der Waals surface area contributed by atoms with Crippen molar-refractivity contribution in [2.24, 2.45) is 5.92 Å². The Hall–Kier alpha value is -3.32. The minimum absolute atomic E-state index is 0.0513. The molecule has 0 saturated carbocycles. The van der Waals surface area contributed by atoms with Gasteiger partial charge in [0.15, 0.2) is 11.4 Å². The number of amides is 1. The highest BCUT2D eigenvalue weighted by atomic mass is 16.6. The number of benzene rings is 1. The molecule has 2 heterocycles. The van der Waals surface area contributed by atoms with Gasteiger partial charge in [-0.05, 0) is 74.3 Å². The molecule has 1 aliphatic heterocycles. The lowest BCUT2D eigenvalue weighted by Crippen LogP contribution is -2.46. The van der Waals surface area contributed by atoms with Crippen molar-refractivity contribution in [3.05, 3.63) is 58.3 Å². The third kappa shape index (κ3) is 4.19. The summed E-state index contributed by atoms with van der Waals surface area (Å²) in [4.78, 5) is 44.9. The van der Waals surface area contributed by atoms with E-state index in [4.69, 9.17) is 9.72 Å². The fourth-order valence-corrected chi connectivity index (χ4v) is 6.15. The Morgan fingerprint density at radius 2 is 2.03 bits per heavy atom. The molecule has 5 rings (SSSR count). The number of carbonyl (C=O) groups is 3. The van der Waals surface area contributed by atoms with Crippen LogP contribution in [0.4, 0.5) is 0 Å². The lowest BCUT2D eigenvalue weighted by atomic mass is 9.79. The number of carbonyl (C=O) groups excluding carboxylic acids is 3. The van der Waals surface area contributed by atoms with Crippen LogP contribution in [0.15, 0.2) is 41.5 Å². The van der Waals surface area contributed by atoms with Crippen LogP contribution in [0.25, 0.3) is 16.5 Å². The maximum Gasteiger partial charge on any atom is 0.343 e. The average Bonchev–Trinajstić information content (AvgIpc) is 3.20. The fourth-order valence-electron chi connectivity index (χ4n) is 6.15. The van der Waals surface area contributed by atoms with E-state index in [1.807, 2.05) is 43.0 Å². The number of cyclic esters (lactones) is 1. The van der Waals surface area contributed by atoms with Crippen LogP contribution in [0.5, 0.6) is 0 Å². The van der Waals surface area contributed by atoms with Crippen LogP contribution in [0.1, 0.15) is 63.8 Å². The first-order valence-electron chi connectivity index (χ1n) is 13.2. The van der Waals surface area contributed by atoms with E-state index in [2.05, 4.69) is 6.07 Å². The smallest absolute Gasteiger partial charge is 0.343 e. The molecule has 1 aromatic carbocycles. The minimum atomic E-state index is -1.85. The quantitative estimate of drug-likeness (QED) is 0.622. The number of ether oxygens (including phenoxy) is 1. The molecule has 0 bridgehead atoms. The topological polar surface area (TPSA) is 96.8 Å². The number of ketones is 1. The van der Waals surface area contributed by atoms with Crippen LogP contribution in [0.3, 0.4) is 0 Å². The van der Waals surface area contributed by atoms with E-state index < -0.39 is 11.6 Å². The first-order valence-corrected chi connectivity index (χ1v) is 13.2. The van der Waals surface area contributed by atoms with Gasteiger partial charge in [0, 0.05) is 42.5 Å². The number of pyridine rings is 1. The second-order valence-electron chi connectivity index (χ2n) is 10.6. The zero-order valence-corrected chi connectivity index (χ0v) is 22.0. The molecule has 2 atom stereocenters. The lowest BCUT2D eigenvalue weighted by Gasteiger charge is -2.34. The van der Waals surface area contributed by atoms with Gasteiger partial charge in [-0.2, -0.15) is 0 Å². The first kappa shape index (κ1) is 25.3. The summed E-state index contributed by atoms with van der Waals surface area (Å²) in [5.74, 6) is -0.675. The molecule has 7 heteroatoms. The molecule has 1 unspecified atom stereocenters. The molecule has 1 amide bonds. The fraction of sp³-hybridized carbons (Fsp3) is 0.467. The summed E-state index contributed by atoms with van der Waals surface area (Å²) in [6.07, 6.45) is 4.40. The van der Waals surface area contributed by atoms with Gasteiger partial charge < -0.3 is 14.7 Å². The van der Waals surface area contributed by atoms with Crippen molar-refractivity contribution >= 4 is 34.1 Å². The van der Waals surface area contributed by atoms with Crippen molar-refractivity contribution in [3.8, 4) is 0 Å². The van der Waals surface area contributed by atoms with Crippen LogP contribution >= 0.6 is 0 Å². The van der Waals surface area contributed by atoms with Gasteiger partial charge in [0.1, 0.15) is 6.61 Å². The van der Waals surface area contributed by atoms with Gasteiger partial charge >= 0.3 is 5.97 Å². The highest BCUT2D eigenvalue weighted by Crippen LogP contribution is 2.46. The second kappa shape index (κ2) is 9.53. The SMILES string of the molecule is CC[C@@]1(O)C(=O)OCC2=C1/C=C1/c3nc4ccccc4c(CCN(C(C)=O)C(C)C)c3CC1CCC2=O. The highest BCUT2D eigenvalue weighted by Gasteiger charge is 2.47. The number of esters is 1. The van der Waals surface area contributed by atoms with Crippen molar-refractivity contribution in [3.63, 3.8) is 0 Å². The van der Waals surface area contributed by atoms with Crippen LogP contribution in [-0.2, 0) is 32.0 Å². The predicted molar refractivity (Wildman–Crippen MR) is 141 cm³/mol. The number of fused-ring (bicyclic) bond motifs is 4. The number of nitrogens with zero attached hydrogens (tertiary/aromatic N) is 2. The van der Waals surface area contributed by atoms with Crippen LogP contribution in [0, 0.1) is 5.92 Å². The molecule has 3 aliphatic rings. The minimum Gasteiger partial charge on any atom is -0.458 e. The maximum absolute atomic E-state index is 13.1. The zero-order valence-electron chi connectivity index (χ0n) is 22.0. The summed E-state index contributed by atoms with van der Waals surface area (Å²) in [7, 11) is 0. The third-order valence-corrected chi connectivity index (χ3v) is 8.23. The second-order valence-corrected chi connectivity index (χ2v) is 10.6. The summed E-state index contributed by atoms with van der Waals surface area (Å²) in [5.41, 5.74) is 3.93. The third-order valence-electron chi connectivity index (χ3n) is 8.23. The molecular weight excluding hydrogens is 468 g/mol. The van der Waals surface area contributed by atoms with Gasteiger partial charge in [-0.1, -0.05) is 25.1 Å². The summed E-state index contributed by atoms with van der Waals surface area (Å²) in [6, 6.07) is 8.15. The van der Waals surface area contributed by atoms with Gasteiger partial charge in [0.05, 0.1) is 11.2 Å². The van der Waals surface area contributed by atoms with Crippen LogP contribution in [-0.4, -0.2) is 57.4 Å². The van der Waals surface area contributed by atoms with Crippen molar-refractivity contribution in [1.29, 1.82) is 0 Å². The van der Waals surface area contributed by atoms with E-state index >= 15 is 0 Å². The zero-order chi connectivity index (χ0) is 26.5. The van der Waals surface area contributed by atoms with Gasteiger partial charge in [-0.25, -0.2) is 9.78 Å². The number of Topliss-reactive ketones (excluding diaryl/α,β-unsaturated/α-hetero) is 1. The Kier molecular flexibility index (Phi) is 6.52. The Bertz CT molecular complexity index is 1370. The molecule has 0 spiro atoms. The number of hydrogen-bond acceptors (Lipinski definition) is 6. The normalized spacial score (nSPS) is 24.6. The number of aromatic nitrogens is 1. The Labute approximate surface area is 217 Å². The first-order chi connectivity index (χ1) is 17.7. The van der Waals surface area contributed by atoms with Crippen molar-refractivity contribution in [1.82, 2.24) is 9.88 Å². The highest BCUT2D eigenvalue weighted by molar-refractivity contribution is 6.03. The molecule has 0 fully saturated rings.